The van der Waals surface area contributed by atoms with Crippen LogP contribution in [-0.2, 0) is 6.42 Å². The molecule has 3 heteroatoms. The summed E-state index contributed by atoms with van der Waals surface area (Å²) in [5, 5.41) is 5.59. The van der Waals surface area contributed by atoms with Gasteiger partial charge in [0, 0.05) is 23.5 Å². The average molecular weight is 224 g/mol. The summed E-state index contributed by atoms with van der Waals surface area (Å²) in [6.45, 7) is 4.67. The van der Waals surface area contributed by atoms with Crippen molar-refractivity contribution in [1.82, 2.24) is 10.2 Å². The molecule has 2 nitrogen and oxygen atoms in total. The van der Waals surface area contributed by atoms with E-state index in [9.17, 15) is 0 Å². The molecular weight excluding hydrogens is 204 g/mol. The van der Waals surface area contributed by atoms with Crippen molar-refractivity contribution in [1.29, 1.82) is 0 Å². The zero-order chi connectivity index (χ0) is 10.7. The van der Waals surface area contributed by atoms with Gasteiger partial charge in [0.15, 0.2) is 0 Å². The van der Waals surface area contributed by atoms with Crippen molar-refractivity contribution in [2.45, 2.75) is 31.8 Å². The molecule has 0 amide bonds. The van der Waals surface area contributed by atoms with Crippen LogP contribution in [-0.4, -0.2) is 37.1 Å². The topological polar surface area (TPSA) is 15.3 Å². The van der Waals surface area contributed by atoms with E-state index in [4.69, 9.17) is 0 Å². The third-order valence-corrected chi connectivity index (χ3v) is 4.28. The fraction of sp³-hybridized carbons (Fsp3) is 0.667. The largest absolute Gasteiger partial charge is 0.315 e. The van der Waals surface area contributed by atoms with Crippen LogP contribution in [0.15, 0.2) is 17.5 Å². The van der Waals surface area contributed by atoms with Gasteiger partial charge in [-0.05, 0) is 44.8 Å². The number of rotatable bonds is 4. The van der Waals surface area contributed by atoms with E-state index < -0.39 is 0 Å². The molecule has 2 unspecified atom stereocenters. The maximum absolute atomic E-state index is 3.43. The Bertz CT molecular complexity index is 278. The van der Waals surface area contributed by atoms with Crippen LogP contribution in [0.4, 0.5) is 0 Å². The van der Waals surface area contributed by atoms with Crippen LogP contribution in [0.2, 0.25) is 0 Å². The molecule has 0 aliphatic carbocycles. The Labute approximate surface area is 96.3 Å². The highest BCUT2D eigenvalue weighted by molar-refractivity contribution is 7.09. The Morgan fingerprint density at radius 3 is 3.13 bits per heavy atom. The van der Waals surface area contributed by atoms with Crippen molar-refractivity contribution in [3.8, 4) is 0 Å². The van der Waals surface area contributed by atoms with Gasteiger partial charge in [-0.3, -0.25) is 4.90 Å². The van der Waals surface area contributed by atoms with Gasteiger partial charge in [-0.15, -0.1) is 11.3 Å². The van der Waals surface area contributed by atoms with E-state index in [0.717, 1.165) is 12.6 Å². The maximum atomic E-state index is 3.43. The zero-order valence-corrected chi connectivity index (χ0v) is 10.4. The molecule has 84 valence electrons. The summed E-state index contributed by atoms with van der Waals surface area (Å²) >= 11 is 1.87. The van der Waals surface area contributed by atoms with E-state index in [0.29, 0.717) is 6.04 Å². The molecule has 1 saturated heterocycles. The normalized spacial score (nSPS) is 23.5. The first-order valence-corrected chi connectivity index (χ1v) is 6.60. The molecule has 15 heavy (non-hydrogen) atoms. The molecule has 1 aliphatic rings. The number of nitrogens with zero attached hydrogens (tertiary/aromatic N) is 1. The first-order chi connectivity index (χ1) is 7.27. The Hall–Kier alpha value is -0.380. The highest BCUT2D eigenvalue weighted by Gasteiger charge is 2.22. The Morgan fingerprint density at radius 2 is 2.53 bits per heavy atom. The lowest BCUT2D eigenvalue weighted by Crippen LogP contribution is -2.40. The molecule has 0 bridgehead atoms. The monoisotopic (exact) mass is 224 g/mol. The van der Waals surface area contributed by atoms with Crippen molar-refractivity contribution < 1.29 is 0 Å². The second kappa shape index (κ2) is 5.10. The minimum atomic E-state index is 0.647. The lowest BCUT2D eigenvalue weighted by molar-refractivity contribution is 0.195. The predicted molar refractivity (Wildman–Crippen MR) is 66.5 cm³/mol. The molecular formula is C12H20N2S. The van der Waals surface area contributed by atoms with Gasteiger partial charge in [0.05, 0.1) is 0 Å². The standard InChI is InChI=1S/C12H20N2S/c1-10(8-12-4-3-7-15-12)14(2)11-5-6-13-9-11/h3-4,7,10-11,13H,5-6,8-9H2,1-2H3. The highest BCUT2D eigenvalue weighted by Crippen LogP contribution is 2.16. The minimum absolute atomic E-state index is 0.647. The first-order valence-electron chi connectivity index (χ1n) is 5.72. The molecule has 1 aromatic heterocycles. The Kier molecular flexibility index (Phi) is 3.78. The molecule has 1 aromatic rings. The van der Waals surface area contributed by atoms with E-state index in [1.165, 1.54) is 24.3 Å². The molecule has 2 rings (SSSR count). The number of hydrogen-bond donors (Lipinski definition) is 1. The van der Waals surface area contributed by atoms with Crippen LogP contribution < -0.4 is 5.32 Å². The SMILES string of the molecule is CC(Cc1cccs1)N(C)C1CCNC1. The lowest BCUT2D eigenvalue weighted by Gasteiger charge is -2.29. The quantitative estimate of drug-likeness (QED) is 0.841. The van der Waals surface area contributed by atoms with Crippen molar-refractivity contribution in [2.24, 2.45) is 0 Å². The van der Waals surface area contributed by atoms with E-state index >= 15 is 0 Å². The van der Waals surface area contributed by atoms with Gasteiger partial charge < -0.3 is 5.32 Å². The third-order valence-electron chi connectivity index (χ3n) is 3.38. The van der Waals surface area contributed by atoms with Gasteiger partial charge >= 0.3 is 0 Å². The Balaban J connectivity index is 1.86. The van der Waals surface area contributed by atoms with Crippen LogP contribution in [0.3, 0.4) is 0 Å². The smallest absolute Gasteiger partial charge is 0.0232 e. The van der Waals surface area contributed by atoms with Crippen LogP contribution in [0.5, 0.6) is 0 Å². The van der Waals surface area contributed by atoms with E-state index in [1.54, 1.807) is 0 Å². The van der Waals surface area contributed by atoms with Crippen LogP contribution >= 0.6 is 11.3 Å². The second-order valence-electron chi connectivity index (χ2n) is 4.44. The molecule has 0 aromatic carbocycles. The summed E-state index contributed by atoms with van der Waals surface area (Å²) in [4.78, 5) is 4.03. The van der Waals surface area contributed by atoms with Crippen LogP contribution in [0, 0.1) is 0 Å². The van der Waals surface area contributed by atoms with Gasteiger partial charge in [-0.25, -0.2) is 0 Å². The van der Waals surface area contributed by atoms with Crippen LogP contribution in [0.1, 0.15) is 18.2 Å². The molecule has 0 saturated carbocycles. The molecule has 0 spiro atoms. The summed E-state index contributed by atoms with van der Waals surface area (Å²) in [7, 11) is 2.26. The van der Waals surface area contributed by atoms with Gasteiger partial charge in [-0.1, -0.05) is 6.07 Å². The molecule has 2 atom stereocenters. The summed E-state index contributed by atoms with van der Waals surface area (Å²) in [5.74, 6) is 0. The highest BCUT2D eigenvalue weighted by atomic mass is 32.1. The van der Waals surface area contributed by atoms with E-state index in [-0.39, 0.29) is 0 Å². The third kappa shape index (κ3) is 2.80. The average Bonchev–Trinajstić information content (AvgIpc) is 2.88. The first kappa shape index (κ1) is 11.1. The number of likely N-dealkylation sites (N-methyl/N-ethyl adjacent to an activating group) is 1. The van der Waals surface area contributed by atoms with E-state index in [1.807, 2.05) is 11.3 Å². The van der Waals surface area contributed by atoms with Gasteiger partial charge in [0.2, 0.25) is 0 Å². The van der Waals surface area contributed by atoms with Crippen molar-refractivity contribution in [3.05, 3.63) is 22.4 Å². The second-order valence-corrected chi connectivity index (χ2v) is 5.48. The van der Waals surface area contributed by atoms with Gasteiger partial charge in [0.1, 0.15) is 0 Å². The summed E-state index contributed by atoms with van der Waals surface area (Å²) in [5.41, 5.74) is 0. The molecule has 1 N–H and O–H groups in total. The fourth-order valence-corrected chi connectivity index (χ4v) is 3.04. The molecule has 2 heterocycles. The van der Waals surface area contributed by atoms with Crippen molar-refractivity contribution in [3.63, 3.8) is 0 Å². The molecule has 1 aliphatic heterocycles. The van der Waals surface area contributed by atoms with Crippen molar-refractivity contribution in [2.75, 3.05) is 20.1 Å². The maximum Gasteiger partial charge on any atom is 0.0232 e. The van der Waals surface area contributed by atoms with E-state index in [2.05, 4.69) is 41.7 Å². The Morgan fingerprint density at radius 1 is 1.67 bits per heavy atom. The summed E-state index contributed by atoms with van der Waals surface area (Å²) in [6.07, 6.45) is 2.48. The number of hydrogen-bond acceptors (Lipinski definition) is 3. The minimum Gasteiger partial charge on any atom is -0.315 e. The summed E-state index contributed by atoms with van der Waals surface area (Å²) in [6, 6.07) is 5.76. The fourth-order valence-electron chi connectivity index (χ4n) is 2.21. The van der Waals surface area contributed by atoms with Gasteiger partial charge in [-0.2, -0.15) is 0 Å². The number of nitrogens with one attached hydrogen (secondary N) is 1. The van der Waals surface area contributed by atoms with Crippen LogP contribution in [0.25, 0.3) is 0 Å². The summed E-state index contributed by atoms with van der Waals surface area (Å²) < 4.78 is 0. The van der Waals surface area contributed by atoms with Crippen molar-refractivity contribution >= 4 is 11.3 Å². The molecule has 0 radical (unpaired) electrons. The predicted octanol–water partition coefficient (Wildman–Crippen LogP) is 1.97. The zero-order valence-electron chi connectivity index (χ0n) is 9.57. The molecule has 1 fully saturated rings. The van der Waals surface area contributed by atoms with Gasteiger partial charge in [0.25, 0.3) is 0 Å². The lowest BCUT2D eigenvalue weighted by atomic mass is 10.1. The number of thiophene rings is 1.